The molecule has 0 amide bonds. The summed E-state index contributed by atoms with van der Waals surface area (Å²) in [4.78, 5) is 9.36. The maximum absolute atomic E-state index is 6.10. The van der Waals surface area contributed by atoms with Crippen LogP contribution in [0.4, 0.5) is 0 Å². The van der Waals surface area contributed by atoms with E-state index in [-0.39, 0.29) is 5.41 Å². The number of nitrogens with two attached hydrogens (primary N) is 1. The first kappa shape index (κ1) is 18.6. The molecule has 0 saturated heterocycles. The second-order valence-corrected chi connectivity index (χ2v) is 8.27. The summed E-state index contributed by atoms with van der Waals surface area (Å²) in [6, 6.07) is 9.08. The molecule has 3 heteroatoms. The van der Waals surface area contributed by atoms with Gasteiger partial charge in [0.1, 0.15) is 5.70 Å². The van der Waals surface area contributed by atoms with E-state index < -0.39 is 0 Å². The van der Waals surface area contributed by atoms with Gasteiger partial charge in [-0.05, 0) is 36.8 Å². The molecule has 0 radical (unpaired) electrons. The maximum Gasteiger partial charge on any atom is 0.103 e. The van der Waals surface area contributed by atoms with Gasteiger partial charge in [-0.25, -0.2) is 4.99 Å². The smallest absolute Gasteiger partial charge is 0.103 e. The lowest BCUT2D eigenvalue weighted by Gasteiger charge is -2.33. The van der Waals surface area contributed by atoms with E-state index >= 15 is 0 Å². The largest absolute Gasteiger partial charge is 0.400 e. The summed E-state index contributed by atoms with van der Waals surface area (Å²) in [5, 5.41) is 0. The highest BCUT2D eigenvalue weighted by Gasteiger charge is 2.34. The molecule has 3 rings (SSSR count). The van der Waals surface area contributed by atoms with Gasteiger partial charge in [0.15, 0.2) is 0 Å². The predicted molar refractivity (Wildman–Crippen MR) is 112 cm³/mol. The van der Waals surface area contributed by atoms with Crippen LogP contribution in [-0.4, -0.2) is 11.4 Å². The van der Waals surface area contributed by atoms with Crippen molar-refractivity contribution in [2.75, 3.05) is 0 Å². The highest BCUT2D eigenvalue weighted by atomic mass is 14.9. The number of nitrogens with zero attached hydrogens (tertiary/aromatic N) is 2. The zero-order chi connectivity index (χ0) is 18.7. The van der Waals surface area contributed by atoms with Gasteiger partial charge in [-0.1, -0.05) is 64.0 Å². The van der Waals surface area contributed by atoms with Crippen molar-refractivity contribution in [3.8, 4) is 0 Å². The zero-order valence-corrected chi connectivity index (χ0v) is 16.4. The van der Waals surface area contributed by atoms with Crippen LogP contribution in [0.2, 0.25) is 0 Å². The van der Waals surface area contributed by atoms with E-state index in [2.05, 4.69) is 49.7 Å². The topological polar surface area (TPSA) is 50.7 Å². The van der Waals surface area contributed by atoms with Gasteiger partial charge < -0.3 is 5.73 Å². The molecule has 138 valence electrons. The minimum Gasteiger partial charge on any atom is -0.400 e. The average molecular weight is 350 g/mol. The first-order chi connectivity index (χ1) is 12.4. The van der Waals surface area contributed by atoms with Gasteiger partial charge in [-0.2, -0.15) is 0 Å². The van der Waals surface area contributed by atoms with Crippen LogP contribution < -0.4 is 5.73 Å². The zero-order valence-electron chi connectivity index (χ0n) is 16.4. The third kappa shape index (κ3) is 3.82. The van der Waals surface area contributed by atoms with Gasteiger partial charge in [0, 0.05) is 23.7 Å². The van der Waals surface area contributed by atoms with Crippen LogP contribution in [0.3, 0.4) is 0 Å². The van der Waals surface area contributed by atoms with Crippen molar-refractivity contribution in [3.05, 3.63) is 59.6 Å². The molecule has 0 bridgehead atoms. The molecule has 1 aliphatic heterocycles. The van der Waals surface area contributed by atoms with Crippen LogP contribution in [0, 0.1) is 5.41 Å². The molecule has 2 N–H and O–H groups in total. The quantitative estimate of drug-likeness (QED) is 0.744. The fourth-order valence-corrected chi connectivity index (χ4v) is 4.25. The average Bonchev–Trinajstić information content (AvgIpc) is 2.62. The molecule has 0 unspecified atom stereocenters. The van der Waals surface area contributed by atoms with Crippen LogP contribution in [-0.2, 0) is 0 Å². The summed E-state index contributed by atoms with van der Waals surface area (Å²) in [7, 11) is 0. The lowest BCUT2D eigenvalue weighted by molar-refractivity contribution is 0.443. The van der Waals surface area contributed by atoms with Gasteiger partial charge in [0.05, 0.1) is 11.4 Å². The van der Waals surface area contributed by atoms with Crippen molar-refractivity contribution in [1.29, 1.82) is 0 Å². The summed E-state index contributed by atoms with van der Waals surface area (Å²) in [6.07, 6.45) is 9.16. The van der Waals surface area contributed by atoms with Crippen molar-refractivity contribution in [2.24, 2.45) is 21.1 Å². The number of rotatable bonds is 3. The molecule has 0 aromatic heterocycles. The monoisotopic (exact) mass is 349 g/mol. The Labute approximate surface area is 157 Å². The molecule has 1 saturated carbocycles. The Balaban J connectivity index is 1.96. The predicted octanol–water partition coefficient (Wildman–Crippen LogP) is 5.73. The Kier molecular flexibility index (Phi) is 5.45. The van der Waals surface area contributed by atoms with E-state index in [9.17, 15) is 0 Å². The first-order valence-corrected chi connectivity index (χ1v) is 9.76. The minimum absolute atomic E-state index is 0.0901. The van der Waals surface area contributed by atoms with Crippen LogP contribution in [0.5, 0.6) is 0 Å². The van der Waals surface area contributed by atoms with Crippen molar-refractivity contribution in [1.82, 2.24) is 0 Å². The molecule has 2 aliphatic rings. The summed E-state index contributed by atoms with van der Waals surface area (Å²) in [5.41, 5.74) is 12.2. The highest BCUT2D eigenvalue weighted by molar-refractivity contribution is 6.15. The first-order valence-electron chi connectivity index (χ1n) is 9.76. The van der Waals surface area contributed by atoms with E-state index in [1.54, 1.807) is 6.20 Å². The number of aliphatic imine (C=N–C) groups is 2. The molecule has 1 fully saturated rings. The third-order valence-electron chi connectivity index (χ3n) is 5.63. The van der Waals surface area contributed by atoms with Gasteiger partial charge in [-0.15, -0.1) is 0 Å². The van der Waals surface area contributed by atoms with Gasteiger partial charge >= 0.3 is 0 Å². The van der Waals surface area contributed by atoms with Gasteiger partial charge in [0.2, 0.25) is 0 Å². The van der Waals surface area contributed by atoms with E-state index in [1.165, 1.54) is 43.2 Å². The molecule has 3 nitrogen and oxygen atoms in total. The third-order valence-corrected chi connectivity index (χ3v) is 5.63. The number of benzene rings is 1. The van der Waals surface area contributed by atoms with E-state index in [0.29, 0.717) is 5.70 Å². The minimum atomic E-state index is -0.0901. The number of hydrogen-bond donors (Lipinski definition) is 1. The summed E-state index contributed by atoms with van der Waals surface area (Å²) < 4.78 is 0. The molecule has 1 heterocycles. The second-order valence-electron chi connectivity index (χ2n) is 8.27. The van der Waals surface area contributed by atoms with Gasteiger partial charge in [0.25, 0.3) is 0 Å². The molecule has 0 spiro atoms. The van der Waals surface area contributed by atoms with E-state index in [4.69, 9.17) is 10.7 Å². The Morgan fingerprint density at radius 1 is 1.19 bits per heavy atom. The van der Waals surface area contributed by atoms with Crippen LogP contribution in [0.1, 0.15) is 76.3 Å². The Bertz CT molecular complexity index is 753. The Morgan fingerprint density at radius 2 is 1.85 bits per heavy atom. The lowest BCUT2D eigenvalue weighted by Crippen LogP contribution is -2.34. The molecule has 0 atom stereocenters. The van der Waals surface area contributed by atoms with Crippen LogP contribution >= 0.6 is 0 Å². The molecular weight excluding hydrogens is 318 g/mol. The highest BCUT2D eigenvalue weighted by Crippen LogP contribution is 2.36. The molecule has 1 aromatic carbocycles. The Hall–Kier alpha value is -2.16. The number of allylic oxidation sites excluding steroid dienone is 2. The van der Waals surface area contributed by atoms with Gasteiger partial charge in [-0.3, -0.25) is 4.99 Å². The van der Waals surface area contributed by atoms with Crippen molar-refractivity contribution in [2.45, 2.75) is 65.2 Å². The fraction of sp³-hybridized carbons (Fsp3) is 0.478. The summed E-state index contributed by atoms with van der Waals surface area (Å²) in [5.74, 6) is 0.729. The van der Waals surface area contributed by atoms with Crippen molar-refractivity contribution in [3.63, 3.8) is 0 Å². The van der Waals surface area contributed by atoms with Crippen LogP contribution in [0.15, 0.2) is 58.4 Å². The SMILES string of the molecule is C=CN=C1CC(C)(C)C(c2ccc(C3CCCCC3)cc2)=N/C1=C(/C)N. The van der Waals surface area contributed by atoms with Crippen molar-refractivity contribution >= 4 is 11.4 Å². The molecule has 1 aromatic rings. The standard InChI is InChI=1S/C23H31N3/c1-5-25-20-15-23(3,4)22(26-21(20)16(2)24)19-13-11-18(12-14-19)17-9-7-6-8-10-17/h5,11-14,17H,1,6-10,15,24H2,2-4H3/b21-16-,25-20?. The lowest BCUT2D eigenvalue weighted by atomic mass is 9.75. The molecular formula is C23H31N3. The number of hydrogen-bond acceptors (Lipinski definition) is 3. The summed E-state index contributed by atoms with van der Waals surface area (Å²) in [6.45, 7) is 10.1. The van der Waals surface area contributed by atoms with Crippen molar-refractivity contribution < 1.29 is 0 Å². The second kappa shape index (κ2) is 7.61. The Morgan fingerprint density at radius 3 is 2.42 bits per heavy atom. The summed E-state index contributed by atoms with van der Waals surface area (Å²) >= 11 is 0. The fourth-order valence-electron chi connectivity index (χ4n) is 4.25. The normalized spacial score (nSPS) is 24.3. The maximum atomic E-state index is 6.10. The van der Waals surface area contributed by atoms with Crippen LogP contribution in [0.25, 0.3) is 0 Å². The molecule has 1 aliphatic carbocycles. The molecule has 26 heavy (non-hydrogen) atoms. The van der Waals surface area contributed by atoms with E-state index in [0.717, 1.165) is 29.5 Å². The van der Waals surface area contributed by atoms with E-state index in [1.807, 2.05) is 6.92 Å².